The van der Waals surface area contributed by atoms with Gasteiger partial charge in [-0.15, -0.1) is 5.92 Å². The van der Waals surface area contributed by atoms with Crippen LogP contribution in [-0.2, 0) is 5.41 Å². The minimum absolute atomic E-state index is 0.134. The molecule has 0 bridgehead atoms. The van der Waals surface area contributed by atoms with Gasteiger partial charge in [0.1, 0.15) is 17.2 Å². The predicted octanol–water partition coefficient (Wildman–Crippen LogP) is 14.0. The Morgan fingerprint density at radius 2 is 1.49 bits per heavy atom. The third-order valence-electron chi connectivity index (χ3n) is 11.6. The molecule has 2 aromatic heterocycles. The van der Waals surface area contributed by atoms with Crippen molar-refractivity contribution in [1.82, 2.24) is 4.57 Å². The summed E-state index contributed by atoms with van der Waals surface area (Å²) in [5.41, 5.74) is 15.4. The zero-order valence-electron chi connectivity index (χ0n) is 33.1. The monoisotopic (exact) mass is 736 g/mol. The number of nitrogens with zero attached hydrogens (tertiary/aromatic N) is 2. The van der Waals surface area contributed by atoms with Gasteiger partial charge in [-0.1, -0.05) is 136 Å². The molecular weight excluding hydrogens is 693 g/mol. The average molecular weight is 737 g/mol. The van der Waals surface area contributed by atoms with E-state index in [9.17, 15) is 0 Å². The highest BCUT2D eigenvalue weighted by Gasteiger charge is 2.35. The van der Waals surface area contributed by atoms with Crippen molar-refractivity contribution in [3.05, 3.63) is 192 Å². The van der Waals surface area contributed by atoms with Crippen molar-refractivity contribution < 1.29 is 4.42 Å². The number of aliphatic imine (C=N–C) groups is 1. The molecular formula is C54H44N2O. The zero-order valence-corrected chi connectivity index (χ0v) is 33.1. The van der Waals surface area contributed by atoms with E-state index in [1.54, 1.807) is 0 Å². The lowest BCUT2D eigenvalue weighted by molar-refractivity contribution is 0.660. The Morgan fingerprint density at radius 1 is 0.772 bits per heavy atom. The van der Waals surface area contributed by atoms with E-state index < -0.39 is 0 Å². The molecule has 0 N–H and O–H groups in total. The SMILES string of the molecule is C=C/C(=C\C=C/C)C(C#CC)N=C(/C=C(\C)c1ccc(-n2c3ccccc3c3c4oc5ccccc5c4ccc32)cc1)c1ccc2c(c1)C(C)(C)c1ccccc1-2. The lowest BCUT2D eigenvalue weighted by Crippen LogP contribution is -2.16. The number of allylic oxidation sites excluding steroid dienone is 5. The van der Waals surface area contributed by atoms with Crippen LogP contribution < -0.4 is 0 Å². The second-order valence-corrected chi connectivity index (χ2v) is 15.3. The zero-order chi connectivity index (χ0) is 39.3. The largest absolute Gasteiger partial charge is 0.455 e. The van der Waals surface area contributed by atoms with Crippen molar-refractivity contribution in [2.24, 2.45) is 4.99 Å². The van der Waals surface area contributed by atoms with Crippen LogP contribution in [0.2, 0.25) is 0 Å². The van der Waals surface area contributed by atoms with Crippen molar-refractivity contribution in [3.63, 3.8) is 0 Å². The number of rotatable bonds is 8. The maximum Gasteiger partial charge on any atom is 0.145 e. The number of fused-ring (bicyclic) bond motifs is 10. The van der Waals surface area contributed by atoms with Crippen molar-refractivity contribution in [2.45, 2.75) is 46.1 Å². The molecule has 2 heterocycles. The maximum absolute atomic E-state index is 6.53. The van der Waals surface area contributed by atoms with Crippen LogP contribution in [0, 0.1) is 11.8 Å². The summed E-state index contributed by atoms with van der Waals surface area (Å²) < 4.78 is 8.88. The Labute approximate surface area is 334 Å². The molecule has 6 aromatic carbocycles. The quantitative estimate of drug-likeness (QED) is 0.0868. The Balaban J connectivity index is 1.16. The number of furan rings is 1. The van der Waals surface area contributed by atoms with E-state index in [1.165, 1.54) is 27.6 Å². The Morgan fingerprint density at radius 3 is 2.28 bits per heavy atom. The van der Waals surface area contributed by atoms with Crippen molar-refractivity contribution in [1.29, 1.82) is 0 Å². The lowest BCUT2D eigenvalue weighted by Gasteiger charge is -2.22. The molecule has 0 radical (unpaired) electrons. The van der Waals surface area contributed by atoms with Crippen LogP contribution in [0.5, 0.6) is 0 Å². The molecule has 1 atom stereocenters. The number of hydrogen-bond donors (Lipinski definition) is 0. The molecule has 0 saturated carbocycles. The van der Waals surface area contributed by atoms with E-state index in [0.717, 1.165) is 72.0 Å². The molecule has 0 fully saturated rings. The van der Waals surface area contributed by atoms with Gasteiger partial charge in [-0.25, -0.2) is 0 Å². The summed E-state index contributed by atoms with van der Waals surface area (Å²) in [6.45, 7) is 14.8. The highest BCUT2D eigenvalue weighted by molar-refractivity contribution is 6.23. The predicted molar refractivity (Wildman–Crippen MR) is 243 cm³/mol. The fourth-order valence-corrected chi connectivity index (χ4v) is 8.68. The molecule has 0 spiro atoms. The minimum atomic E-state index is -0.378. The molecule has 1 aliphatic carbocycles. The number of para-hydroxylation sites is 2. The third kappa shape index (κ3) is 5.97. The van der Waals surface area contributed by atoms with Gasteiger partial charge >= 0.3 is 0 Å². The van der Waals surface area contributed by atoms with Crippen molar-refractivity contribution in [3.8, 4) is 28.7 Å². The molecule has 0 amide bonds. The fourth-order valence-electron chi connectivity index (χ4n) is 8.68. The normalized spacial score (nSPS) is 14.6. The molecule has 3 heteroatoms. The summed E-state index contributed by atoms with van der Waals surface area (Å²) in [5.74, 6) is 6.49. The number of hydrogen-bond acceptors (Lipinski definition) is 2. The number of benzene rings is 6. The van der Waals surface area contributed by atoms with E-state index in [4.69, 9.17) is 9.41 Å². The van der Waals surface area contributed by atoms with Gasteiger partial charge in [-0.2, -0.15) is 0 Å². The molecule has 0 saturated heterocycles. The smallest absolute Gasteiger partial charge is 0.145 e. The van der Waals surface area contributed by atoms with Crippen LogP contribution >= 0.6 is 0 Å². The van der Waals surface area contributed by atoms with Gasteiger partial charge in [0.15, 0.2) is 0 Å². The first-order valence-corrected chi connectivity index (χ1v) is 19.6. The number of aromatic nitrogens is 1. The van der Waals surface area contributed by atoms with E-state index in [0.29, 0.717) is 0 Å². The topological polar surface area (TPSA) is 30.4 Å². The molecule has 3 nitrogen and oxygen atoms in total. The second-order valence-electron chi connectivity index (χ2n) is 15.3. The van der Waals surface area contributed by atoms with Crippen LogP contribution in [0.1, 0.15) is 56.9 Å². The van der Waals surface area contributed by atoms with E-state index in [-0.39, 0.29) is 11.5 Å². The van der Waals surface area contributed by atoms with E-state index in [2.05, 4.69) is 171 Å². The van der Waals surface area contributed by atoms with Gasteiger partial charge < -0.3 is 8.98 Å². The van der Waals surface area contributed by atoms with Gasteiger partial charge in [0.25, 0.3) is 0 Å². The highest BCUT2D eigenvalue weighted by Crippen LogP contribution is 2.49. The first kappa shape index (κ1) is 35.8. The molecule has 1 unspecified atom stereocenters. The summed E-state index contributed by atoms with van der Waals surface area (Å²) in [6, 6.07) is 45.4. The summed E-state index contributed by atoms with van der Waals surface area (Å²) >= 11 is 0. The standard InChI is InChI=1S/C54H44N2O/c1-7-10-18-36(9-3)47(17-8-2)55-48(38-27-30-41-40-19-11-14-22-45(40)54(5,6)46(41)34-38)33-35(4)37-25-28-39(29-26-37)56-49-23-15-12-21-44(49)52-50(56)32-31-43-42-20-13-16-24-51(42)57-53(43)52/h7,9-16,18-34,47H,3H2,1-2,4-6H3/b10-7-,35-33+,36-18+,55-48?. The molecule has 0 aliphatic heterocycles. The first-order valence-electron chi connectivity index (χ1n) is 19.6. The molecule has 9 rings (SSSR count). The summed E-state index contributed by atoms with van der Waals surface area (Å²) in [4.78, 5) is 5.40. The van der Waals surface area contributed by atoms with Gasteiger partial charge in [0, 0.05) is 32.8 Å². The lowest BCUT2D eigenvalue weighted by atomic mass is 9.81. The van der Waals surface area contributed by atoms with E-state index >= 15 is 0 Å². The van der Waals surface area contributed by atoms with E-state index in [1.807, 2.05) is 44.2 Å². The minimum Gasteiger partial charge on any atom is -0.455 e. The second kappa shape index (κ2) is 14.3. The Kier molecular flexibility index (Phi) is 8.99. The van der Waals surface area contributed by atoms with Gasteiger partial charge in [0.05, 0.1) is 22.1 Å². The third-order valence-corrected chi connectivity index (χ3v) is 11.6. The summed E-state index contributed by atoms with van der Waals surface area (Å²) in [7, 11) is 0. The van der Waals surface area contributed by atoms with Crippen LogP contribution in [0.4, 0.5) is 0 Å². The van der Waals surface area contributed by atoms with Crippen molar-refractivity contribution in [2.75, 3.05) is 0 Å². The highest BCUT2D eigenvalue weighted by atomic mass is 16.3. The Hall–Kier alpha value is -6.89. The van der Waals surface area contributed by atoms with Gasteiger partial charge in [-0.05, 0) is 108 Å². The molecule has 57 heavy (non-hydrogen) atoms. The van der Waals surface area contributed by atoms with Crippen LogP contribution in [0.25, 0.3) is 66.1 Å². The van der Waals surface area contributed by atoms with Crippen LogP contribution in [-0.4, -0.2) is 16.3 Å². The van der Waals surface area contributed by atoms with Crippen molar-refractivity contribution >= 4 is 55.0 Å². The maximum atomic E-state index is 6.53. The molecule has 8 aromatic rings. The summed E-state index contributed by atoms with van der Waals surface area (Å²) in [5, 5.41) is 4.58. The van der Waals surface area contributed by atoms with Gasteiger partial charge in [0.2, 0.25) is 0 Å². The van der Waals surface area contributed by atoms with Gasteiger partial charge in [-0.3, -0.25) is 4.99 Å². The Bertz CT molecular complexity index is 3090. The first-order chi connectivity index (χ1) is 27.8. The molecule has 276 valence electrons. The average Bonchev–Trinajstić information content (AvgIpc) is 3.86. The summed E-state index contributed by atoms with van der Waals surface area (Å²) in [6.07, 6.45) is 10.2. The van der Waals surface area contributed by atoms with Crippen LogP contribution in [0.3, 0.4) is 0 Å². The molecule has 1 aliphatic rings. The van der Waals surface area contributed by atoms with Crippen LogP contribution in [0.15, 0.2) is 179 Å². The fraction of sp³-hybridized carbons (Fsp3) is 0.130.